The zero-order valence-electron chi connectivity index (χ0n) is 19.2. The third kappa shape index (κ3) is 4.96. The van der Waals surface area contributed by atoms with Crippen molar-refractivity contribution < 1.29 is 18.0 Å². The SMILES string of the molecule is Cc1ccc(S(=O)(=O)N2CCC(C(=O)Nc3c(C)cccc3C(=O)N3CCCC3)CC2)cc1. The summed E-state index contributed by atoms with van der Waals surface area (Å²) in [6, 6.07) is 12.3. The van der Waals surface area contributed by atoms with Crippen molar-refractivity contribution in [2.24, 2.45) is 5.92 Å². The van der Waals surface area contributed by atoms with Gasteiger partial charge in [0, 0.05) is 32.1 Å². The van der Waals surface area contributed by atoms with Gasteiger partial charge in [0.05, 0.1) is 16.1 Å². The van der Waals surface area contributed by atoms with Gasteiger partial charge in [-0.1, -0.05) is 29.8 Å². The lowest BCUT2D eigenvalue weighted by Gasteiger charge is -2.31. The molecular weight excluding hydrogens is 438 g/mol. The Morgan fingerprint density at radius 2 is 1.55 bits per heavy atom. The van der Waals surface area contributed by atoms with Gasteiger partial charge in [-0.15, -0.1) is 0 Å². The van der Waals surface area contributed by atoms with Crippen molar-refractivity contribution in [3.63, 3.8) is 0 Å². The Kier molecular flexibility index (Phi) is 6.86. The van der Waals surface area contributed by atoms with Crippen molar-refractivity contribution in [3.8, 4) is 0 Å². The normalized spacial score (nSPS) is 17.8. The monoisotopic (exact) mass is 469 g/mol. The number of rotatable bonds is 5. The van der Waals surface area contributed by atoms with Gasteiger partial charge in [-0.3, -0.25) is 9.59 Å². The molecule has 0 aromatic heterocycles. The first-order valence-corrected chi connectivity index (χ1v) is 13.0. The third-order valence-corrected chi connectivity index (χ3v) is 8.54. The fourth-order valence-electron chi connectivity index (χ4n) is 4.55. The molecule has 0 spiro atoms. The number of nitrogens with zero attached hydrogens (tertiary/aromatic N) is 2. The Morgan fingerprint density at radius 1 is 0.909 bits per heavy atom. The number of aryl methyl sites for hydroxylation is 2. The standard InChI is InChI=1S/C25H31N3O4S/c1-18-8-10-21(11-9-18)33(31,32)28-16-12-20(13-17-28)24(29)26-23-19(2)6-5-7-22(23)25(30)27-14-3-4-15-27/h5-11,20H,3-4,12-17H2,1-2H3,(H,26,29). The first-order chi connectivity index (χ1) is 15.8. The molecule has 2 saturated heterocycles. The molecule has 176 valence electrons. The van der Waals surface area contributed by atoms with E-state index in [9.17, 15) is 18.0 Å². The quantitative estimate of drug-likeness (QED) is 0.725. The molecule has 8 heteroatoms. The predicted molar refractivity (Wildman–Crippen MR) is 128 cm³/mol. The molecule has 0 atom stereocenters. The van der Waals surface area contributed by atoms with E-state index in [0.717, 1.165) is 37.1 Å². The largest absolute Gasteiger partial charge is 0.339 e. The second-order valence-corrected chi connectivity index (χ2v) is 10.9. The van der Waals surface area contributed by atoms with Crippen molar-refractivity contribution in [2.75, 3.05) is 31.5 Å². The number of likely N-dealkylation sites (tertiary alicyclic amines) is 1. The number of hydrogen-bond acceptors (Lipinski definition) is 4. The number of anilines is 1. The lowest BCUT2D eigenvalue weighted by Crippen LogP contribution is -2.41. The van der Waals surface area contributed by atoms with Crippen LogP contribution in [0.2, 0.25) is 0 Å². The minimum absolute atomic E-state index is 0.0505. The lowest BCUT2D eigenvalue weighted by molar-refractivity contribution is -0.120. The number of sulfonamides is 1. The topological polar surface area (TPSA) is 86.8 Å². The molecule has 2 heterocycles. The minimum atomic E-state index is -3.57. The summed E-state index contributed by atoms with van der Waals surface area (Å²) in [7, 11) is -3.57. The van der Waals surface area contributed by atoms with Crippen molar-refractivity contribution >= 4 is 27.5 Å². The smallest absolute Gasteiger partial charge is 0.255 e. The van der Waals surface area contributed by atoms with E-state index in [4.69, 9.17) is 0 Å². The second kappa shape index (κ2) is 9.65. The fourth-order valence-corrected chi connectivity index (χ4v) is 6.02. The van der Waals surface area contributed by atoms with Gasteiger partial charge in [0.15, 0.2) is 0 Å². The number of para-hydroxylation sites is 1. The Morgan fingerprint density at radius 3 is 2.18 bits per heavy atom. The first-order valence-electron chi connectivity index (χ1n) is 11.5. The molecule has 4 rings (SSSR count). The number of carbonyl (C=O) groups is 2. The van der Waals surface area contributed by atoms with Gasteiger partial charge in [-0.2, -0.15) is 4.31 Å². The van der Waals surface area contributed by atoms with Crippen LogP contribution in [-0.4, -0.2) is 55.6 Å². The molecule has 2 aromatic rings. The average Bonchev–Trinajstić information content (AvgIpc) is 3.35. The van der Waals surface area contributed by atoms with E-state index >= 15 is 0 Å². The van der Waals surface area contributed by atoms with E-state index in [1.807, 2.05) is 30.9 Å². The first kappa shape index (κ1) is 23.4. The maximum Gasteiger partial charge on any atom is 0.255 e. The molecule has 1 N–H and O–H groups in total. The van der Waals surface area contributed by atoms with E-state index in [1.165, 1.54) is 4.31 Å². The molecule has 7 nitrogen and oxygen atoms in total. The van der Waals surface area contributed by atoms with Crippen LogP contribution in [0.1, 0.15) is 47.2 Å². The number of amides is 2. The Labute approximate surface area is 195 Å². The number of nitrogens with one attached hydrogen (secondary N) is 1. The van der Waals surface area contributed by atoms with Gasteiger partial charge in [0.2, 0.25) is 15.9 Å². The van der Waals surface area contributed by atoms with Gasteiger partial charge in [0.1, 0.15) is 0 Å². The van der Waals surface area contributed by atoms with Gasteiger partial charge >= 0.3 is 0 Å². The zero-order valence-corrected chi connectivity index (χ0v) is 20.0. The Balaban J connectivity index is 1.43. The Bertz CT molecular complexity index is 1130. The van der Waals surface area contributed by atoms with E-state index in [-0.39, 0.29) is 22.6 Å². The van der Waals surface area contributed by atoms with E-state index < -0.39 is 10.0 Å². The second-order valence-electron chi connectivity index (χ2n) is 8.98. The van der Waals surface area contributed by atoms with Gasteiger partial charge in [0.25, 0.3) is 5.91 Å². The summed E-state index contributed by atoms with van der Waals surface area (Å²) < 4.78 is 27.3. The van der Waals surface area contributed by atoms with E-state index in [2.05, 4.69) is 5.32 Å². The summed E-state index contributed by atoms with van der Waals surface area (Å²) >= 11 is 0. The van der Waals surface area contributed by atoms with Gasteiger partial charge < -0.3 is 10.2 Å². The van der Waals surface area contributed by atoms with Crippen LogP contribution in [0.4, 0.5) is 5.69 Å². The zero-order chi connectivity index (χ0) is 23.6. The van der Waals surface area contributed by atoms with E-state index in [0.29, 0.717) is 37.2 Å². The van der Waals surface area contributed by atoms with Gasteiger partial charge in [-0.05, 0) is 63.3 Å². The highest BCUT2D eigenvalue weighted by atomic mass is 32.2. The predicted octanol–water partition coefficient (Wildman–Crippen LogP) is 3.58. The molecule has 33 heavy (non-hydrogen) atoms. The summed E-state index contributed by atoms with van der Waals surface area (Å²) in [5, 5.41) is 2.99. The summed E-state index contributed by atoms with van der Waals surface area (Å²) in [5.41, 5.74) is 2.93. The van der Waals surface area contributed by atoms with Crippen molar-refractivity contribution in [1.82, 2.24) is 9.21 Å². The van der Waals surface area contributed by atoms with Crippen LogP contribution in [0.5, 0.6) is 0 Å². The summed E-state index contributed by atoms with van der Waals surface area (Å²) in [6.07, 6.45) is 2.89. The van der Waals surface area contributed by atoms with Crippen molar-refractivity contribution in [3.05, 3.63) is 59.2 Å². The fraction of sp³-hybridized carbons (Fsp3) is 0.440. The van der Waals surface area contributed by atoms with Crippen LogP contribution in [-0.2, 0) is 14.8 Å². The molecule has 2 aromatic carbocycles. The van der Waals surface area contributed by atoms with Gasteiger partial charge in [-0.25, -0.2) is 8.42 Å². The summed E-state index contributed by atoms with van der Waals surface area (Å²) in [6.45, 7) is 5.87. The van der Waals surface area contributed by atoms with Crippen LogP contribution in [0.15, 0.2) is 47.4 Å². The molecule has 2 fully saturated rings. The molecular formula is C25H31N3O4S. The van der Waals surface area contributed by atoms with Crippen LogP contribution in [0.25, 0.3) is 0 Å². The molecule has 0 aliphatic carbocycles. The highest BCUT2D eigenvalue weighted by Gasteiger charge is 2.33. The molecule has 0 bridgehead atoms. The number of carbonyl (C=O) groups excluding carboxylic acids is 2. The molecule has 2 amide bonds. The van der Waals surface area contributed by atoms with Crippen LogP contribution < -0.4 is 5.32 Å². The summed E-state index contributed by atoms with van der Waals surface area (Å²) in [5.74, 6) is -0.513. The van der Waals surface area contributed by atoms with Crippen molar-refractivity contribution in [1.29, 1.82) is 0 Å². The lowest BCUT2D eigenvalue weighted by atomic mass is 9.96. The van der Waals surface area contributed by atoms with Crippen LogP contribution in [0.3, 0.4) is 0 Å². The molecule has 0 radical (unpaired) electrons. The summed E-state index contributed by atoms with van der Waals surface area (Å²) in [4.78, 5) is 28.2. The highest BCUT2D eigenvalue weighted by Crippen LogP contribution is 2.28. The van der Waals surface area contributed by atoms with Crippen LogP contribution in [0, 0.1) is 19.8 Å². The van der Waals surface area contributed by atoms with E-state index in [1.54, 1.807) is 30.3 Å². The minimum Gasteiger partial charge on any atom is -0.339 e. The molecule has 2 aliphatic rings. The molecule has 0 saturated carbocycles. The number of hydrogen-bond donors (Lipinski definition) is 1. The highest BCUT2D eigenvalue weighted by molar-refractivity contribution is 7.89. The molecule has 2 aliphatic heterocycles. The number of piperidine rings is 1. The number of benzene rings is 2. The average molecular weight is 470 g/mol. The molecule has 0 unspecified atom stereocenters. The van der Waals surface area contributed by atoms with Crippen molar-refractivity contribution in [2.45, 2.75) is 44.4 Å². The maximum absolute atomic E-state index is 13.1. The maximum atomic E-state index is 13.1. The Hall–Kier alpha value is -2.71. The van der Waals surface area contributed by atoms with Crippen LogP contribution >= 0.6 is 0 Å². The third-order valence-electron chi connectivity index (χ3n) is 6.63.